The van der Waals surface area contributed by atoms with Gasteiger partial charge in [0.05, 0.1) is 18.4 Å². The van der Waals surface area contributed by atoms with E-state index in [9.17, 15) is 9.59 Å². The van der Waals surface area contributed by atoms with E-state index in [0.717, 1.165) is 29.8 Å². The van der Waals surface area contributed by atoms with Crippen LogP contribution in [0.3, 0.4) is 0 Å². The number of hydrogen-bond acceptors (Lipinski definition) is 6. The Kier molecular flexibility index (Phi) is 3.97. The maximum atomic E-state index is 12.5. The number of amides is 2. The van der Waals surface area contributed by atoms with Gasteiger partial charge in [-0.3, -0.25) is 14.6 Å². The van der Waals surface area contributed by atoms with E-state index in [1.54, 1.807) is 11.1 Å². The molecule has 0 spiro atoms. The average Bonchev–Trinajstić information content (AvgIpc) is 2.94. The molecular formula is C16H17N5O2S. The van der Waals surface area contributed by atoms with Gasteiger partial charge in [0.2, 0.25) is 5.91 Å². The van der Waals surface area contributed by atoms with Crippen LogP contribution in [0.5, 0.6) is 0 Å². The summed E-state index contributed by atoms with van der Waals surface area (Å²) in [5.74, 6) is 0.0858. The van der Waals surface area contributed by atoms with Crippen LogP contribution in [0.15, 0.2) is 18.6 Å². The first-order chi connectivity index (χ1) is 11.7. The Labute approximate surface area is 143 Å². The summed E-state index contributed by atoms with van der Waals surface area (Å²) >= 11 is 1.46. The lowest BCUT2D eigenvalue weighted by Gasteiger charge is -2.25. The number of hydrogen-bond donors (Lipinski definition) is 1. The minimum Gasteiger partial charge on any atom is -0.332 e. The normalized spacial score (nSPS) is 17.1. The van der Waals surface area contributed by atoms with Crippen LogP contribution in [-0.4, -0.2) is 38.2 Å². The smallest absolute Gasteiger partial charge is 0.274 e. The fraction of sp³-hybridized carbons (Fsp3) is 0.438. The predicted octanol–water partition coefficient (Wildman–Crippen LogP) is 1.87. The zero-order valence-corrected chi connectivity index (χ0v) is 13.9. The lowest BCUT2D eigenvalue weighted by atomic mass is 9.85. The van der Waals surface area contributed by atoms with E-state index in [1.807, 2.05) is 0 Å². The summed E-state index contributed by atoms with van der Waals surface area (Å²) in [5.41, 5.74) is 1.33. The molecule has 0 saturated heterocycles. The molecule has 1 fully saturated rings. The number of anilines is 1. The van der Waals surface area contributed by atoms with Gasteiger partial charge in [0, 0.05) is 36.2 Å². The molecule has 124 valence electrons. The molecule has 2 aromatic rings. The van der Waals surface area contributed by atoms with Crippen LogP contribution in [0.2, 0.25) is 0 Å². The summed E-state index contributed by atoms with van der Waals surface area (Å²) in [7, 11) is 0. The van der Waals surface area contributed by atoms with Gasteiger partial charge < -0.3 is 10.2 Å². The van der Waals surface area contributed by atoms with Crippen LogP contribution in [0.25, 0.3) is 0 Å². The Morgan fingerprint density at radius 3 is 2.88 bits per heavy atom. The topological polar surface area (TPSA) is 88.1 Å². The third-order valence-electron chi connectivity index (χ3n) is 4.51. The molecule has 2 aliphatic rings. The van der Waals surface area contributed by atoms with Crippen LogP contribution < -0.4 is 5.32 Å². The van der Waals surface area contributed by atoms with Crippen LogP contribution in [0.1, 0.15) is 40.3 Å². The molecule has 1 N–H and O–H groups in total. The molecule has 1 saturated carbocycles. The Hall–Kier alpha value is -2.35. The molecule has 0 atom stereocenters. The Balaban J connectivity index is 1.45. The number of fused-ring (bicyclic) bond motifs is 1. The van der Waals surface area contributed by atoms with Crippen molar-refractivity contribution in [1.29, 1.82) is 0 Å². The first-order valence-electron chi connectivity index (χ1n) is 8.05. The summed E-state index contributed by atoms with van der Waals surface area (Å²) < 4.78 is 0. The van der Waals surface area contributed by atoms with Crippen molar-refractivity contribution in [2.45, 2.75) is 32.2 Å². The molecular weight excluding hydrogens is 326 g/mol. The monoisotopic (exact) mass is 343 g/mol. The van der Waals surface area contributed by atoms with Gasteiger partial charge in [-0.1, -0.05) is 17.8 Å². The van der Waals surface area contributed by atoms with E-state index in [4.69, 9.17) is 0 Å². The van der Waals surface area contributed by atoms with Gasteiger partial charge in [0.25, 0.3) is 5.91 Å². The largest absolute Gasteiger partial charge is 0.332 e. The highest BCUT2D eigenvalue weighted by molar-refractivity contribution is 7.15. The number of nitrogens with one attached hydrogen (secondary N) is 1. The number of rotatable bonds is 3. The van der Waals surface area contributed by atoms with Crippen molar-refractivity contribution < 1.29 is 9.59 Å². The summed E-state index contributed by atoms with van der Waals surface area (Å²) in [6, 6.07) is 0. The van der Waals surface area contributed by atoms with Crippen molar-refractivity contribution in [3.05, 3.63) is 34.9 Å². The number of aromatic nitrogens is 3. The molecule has 2 amide bonds. The third-order valence-corrected chi connectivity index (χ3v) is 5.50. The zero-order chi connectivity index (χ0) is 16.5. The highest BCUT2D eigenvalue weighted by atomic mass is 32.1. The van der Waals surface area contributed by atoms with E-state index < -0.39 is 0 Å². The molecule has 1 aliphatic heterocycles. The van der Waals surface area contributed by atoms with Crippen LogP contribution >= 0.6 is 11.3 Å². The van der Waals surface area contributed by atoms with Gasteiger partial charge in [0.15, 0.2) is 5.13 Å². The van der Waals surface area contributed by atoms with Gasteiger partial charge in [-0.25, -0.2) is 9.97 Å². The van der Waals surface area contributed by atoms with E-state index in [2.05, 4.69) is 20.3 Å². The maximum absolute atomic E-state index is 12.5. The number of nitrogens with zero attached hydrogens (tertiary/aromatic N) is 4. The fourth-order valence-electron chi connectivity index (χ4n) is 2.87. The molecule has 7 nitrogen and oxygen atoms in total. The Morgan fingerprint density at radius 1 is 1.29 bits per heavy atom. The van der Waals surface area contributed by atoms with Crippen molar-refractivity contribution in [2.75, 3.05) is 11.9 Å². The standard InChI is InChI=1S/C16H17N5O2S/c22-14(10-2-1-3-10)20-16-19-11-4-7-21(9-13(11)24-16)15(23)12-8-17-5-6-18-12/h5-6,8,10H,1-4,7,9H2,(H,19,20,22). The lowest BCUT2D eigenvalue weighted by Crippen LogP contribution is -2.36. The summed E-state index contributed by atoms with van der Waals surface area (Å²) in [6.07, 6.45) is 8.31. The highest BCUT2D eigenvalue weighted by Crippen LogP contribution is 2.31. The van der Waals surface area contributed by atoms with Gasteiger partial charge in [0.1, 0.15) is 5.69 Å². The number of thiazole rings is 1. The molecule has 3 heterocycles. The van der Waals surface area contributed by atoms with Crippen molar-refractivity contribution in [1.82, 2.24) is 19.9 Å². The summed E-state index contributed by atoms with van der Waals surface area (Å²) in [5, 5.41) is 3.56. The molecule has 1 aliphatic carbocycles. The first-order valence-corrected chi connectivity index (χ1v) is 8.87. The van der Waals surface area contributed by atoms with E-state index in [0.29, 0.717) is 30.3 Å². The zero-order valence-electron chi connectivity index (χ0n) is 13.1. The van der Waals surface area contributed by atoms with E-state index in [-0.39, 0.29) is 17.7 Å². The van der Waals surface area contributed by atoms with E-state index >= 15 is 0 Å². The number of carbonyl (C=O) groups is 2. The second kappa shape index (κ2) is 6.27. The quantitative estimate of drug-likeness (QED) is 0.919. The third kappa shape index (κ3) is 2.89. The summed E-state index contributed by atoms with van der Waals surface area (Å²) in [4.78, 5) is 39.8. The van der Waals surface area contributed by atoms with Gasteiger partial charge in [-0.05, 0) is 12.8 Å². The van der Waals surface area contributed by atoms with Crippen molar-refractivity contribution in [2.24, 2.45) is 5.92 Å². The van der Waals surface area contributed by atoms with Crippen molar-refractivity contribution in [3.63, 3.8) is 0 Å². The fourth-order valence-corrected chi connectivity index (χ4v) is 3.90. The maximum Gasteiger partial charge on any atom is 0.274 e. The van der Waals surface area contributed by atoms with Crippen molar-refractivity contribution in [3.8, 4) is 0 Å². The summed E-state index contributed by atoms with van der Waals surface area (Å²) in [6.45, 7) is 1.10. The molecule has 0 bridgehead atoms. The molecule has 24 heavy (non-hydrogen) atoms. The molecule has 0 radical (unpaired) electrons. The molecule has 0 aromatic carbocycles. The van der Waals surface area contributed by atoms with Gasteiger partial charge in [-0.2, -0.15) is 0 Å². The second-order valence-corrected chi connectivity index (χ2v) is 7.16. The Morgan fingerprint density at radius 2 is 2.17 bits per heavy atom. The number of carbonyl (C=O) groups excluding carboxylic acids is 2. The van der Waals surface area contributed by atoms with Crippen LogP contribution in [0, 0.1) is 5.92 Å². The molecule has 2 aromatic heterocycles. The van der Waals surface area contributed by atoms with Crippen molar-refractivity contribution >= 4 is 28.3 Å². The Bertz CT molecular complexity index is 772. The first kappa shape index (κ1) is 15.2. The minimum atomic E-state index is -0.123. The van der Waals surface area contributed by atoms with Crippen LogP contribution in [-0.2, 0) is 17.8 Å². The highest BCUT2D eigenvalue weighted by Gasteiger charge is 2.28. The second-order valence-electron chi connectivity index (χ2n) is 6.07. The molecule has 4 rings (SSSR count). The van der Waals surface area contributed by atoms with Gasteiger partial charge >= 0.3 is 0 Å². The lowest BCUT2D eigenvalue weighted by molar-refractivity contribution is -0.122. The average molecular weight is 343 g/mol. The molecule has 0 unspecified atom stereocenters. The van der Waals surface area contributed by atoms with Gasteiger partial charge in [-0.15, -0.1) is 0 Å². The van der Waals surface area contributed by atoms with Crippen LogP contribution in [0.4, 0.5) is 5.13 Å². The SMILES string of the molecule is O=C(Nc1nc2c(s1)CN(C(=O)c1cnccn1)CC2)C1CCC1. The molecule has 8 heteroatoms. The van der Waals surface area contributed by atoms with E-state index in [1.165, 1.54) is 23.7 Å². The minimum absolute atomic E-state index is 0.0693. The predicted molar refractivity (Wildman–Crippen MR) is 88.6 cm³/mol.